The Kier molecular flexibility index (Phi) is 4.89. The number of pyridine rings is 1. The summed E-state index contributed by atoms with van der Waals surface area (Å²) in [6.07, 6.45) is -2.66. The fourth-order valence-corrected chi connectivity index (χ4v) is 2.12. The zero-order valence-corrected chi connectivity index (χ0v) is 11.8. The van der Waals surface area contributed by atoms with Gasteiger partial charge < -0.3 is 5.32 Å². The Morgan fingerprint density at radius 3 is 2.86 bits per heavy atom. The molecule has 1 amide bonds. The Balaban J connectivity index is 1.87. The average Bonchev–Trinajstić information content (AvgIpc) is 2.93. The maximum absolute atomic E-state index is 12.5. The largest absolute Gasteiger partial charge is 0.417 e. The molecular formula is C12H14ClF3N4O. The topological polar surface area (TPSA) is 57.3 Å². The molecular weight excluding hydrogens is 309 g/mol. The number of hydrogen-bond acceptors (Lipinski definition) is 4. The zero-order chi connectivity index (χ0) is 15.5. The van der Waals surface area contributed by atoms with Gasteiger partial charge in [0, 0.05) is 32.3 Å². The van der Waals surface area contributed by atoms with E-state index in [9.17, 15) is 18.0 Å². The van der Waals surface area contributed by atoms with Gasteiger partial charge in [0.15, 0.2) is 0 Å². The number of rotatable bonds is 4. The monoisotopic (exact) mass is 322 g/mol. The number of aromatic nitrogens is 1. The first-order valence-corrected chi connectivity index (χ1v) is 6.76. The SMILES string of the molecule is O=C(CCNc1ncc(C(F)(F)F)cc1Cl)N1CCCN1. The number of alkyl halides is 3. The van der Waals surface area contributed by atoms with Gasteiger partial charge in [-0.1, -0.05) is 11.6 Å². The summed E-state index contributed by atoms with van der Waals surface area (Å²) in [6.45, 7) is 1.68. The van der Waals surface area contributed by atoms with Gasteiger partial charge in [0.2, 0.25) is 5.91 Å². The van der Waals surface area contributed by atoms with Crippen molar-refractivity contribution in [1.82, 2.24) is 15.4 Å². The number of anilines is 1. The van der Waals surface area contributed by atoms with Gasteiger partial charge in [-0.15, -0.1) is 0 Å². The maximum Gasteiger partial charge on any atom is 0.417 e. The Bertz CT molecular complexity index is 518. The van der Waals surface area contributed by atoms with E-state index in [0.717, 1.165) is 19.0 Å². The fraction of sp³-hybridized carbons (Fsp3) is 0.500. The molecule has 0 atom stereocenters. The summed E-state index contributed by atoms with van der Waals surface area (Å²) in [5.74, 6) is 0.0508. The summed E-state index contributed by atoms with van der Waals surface area (Å²) in [5.41, 5.74) is 2.02. The molecule has 1 aliphatic heterocycles. The molecule has 1 aliphatic rings. The average molecular weight is 323 g/mol. The molecule has 2 N–H and O–H groups in total. The van der Waals surface area contributed by atoms with E-state index in [-0.39, 0.29) is 29.7 Å². The predicted octanol–water partition coefficient (Wildman–Crippen LogP) is 2.29. The molecule has 2 rings (SSSR count). The lowest BCUT2D eigenvalue weighted by molar-refractivity contribution is -0.137. The van der Waals surface area contributed by atoms with Crippen molar-refractivity contribution in [3.05, 3.63) is 22.8 Å². The van der Waals surface area contributed by atoms with Gasteiger partial charge in [-0.25, -0.2) is 10.4 Å². The number of carbonyl (C=O) groups excluding carboxylic acids is 1. The van der Waals surface area contributed by atoms with Crippen LogP contribution in [-0.4, -0.2) is 35.5 Å². The normalized spacial score (nSPS) is 15.3. The van der Waals surface area contributed by atoms with Crippen LogP contribution in [0.15, 0.2) is 12.3 Å². The number of carbonyl (C=O) groups is 1. The summed E-state index contributed by atoms with van der Waals surface area (Å²) in [5, 5.41) is 4.16. The minimum atomic E-state index is -4.48. The van der Waals surface area contributed by atoms with Crippen LogP contribution in [0, 0.1) is 0 Å². The van der Waals surface area contributed by atoms with Crippen LogP contribution in [0.1, 0.15) is 18.4 Å². The summed E-state index contributed by atoms with van der Waals surface area (Å²) in [7, 11) is 0. The molecule has 116 valence electrons. The van der Waals surface area contributed by atoms with Crippen molar-refractivity contribution in [2.45, 2.75) is 19.0 Å². The van der Waals surface area contributed by atoms with Crippen molar-refractivity contribution >= 4 is 23.3 Å². The Morgan fingerprint density at radius 2 is 2.29 bits per heavy atom. The molecule has 5 nitrogen and oxygen atoms in total. The molecule has 0 bridgehead atoms. The van der Waals surface area contributed by atoms with E-state index in [2.05, 4.69) is 15.7 Å². The molecule has 1 saturated heterocycles. The van der Waals surface area contributed by atoms with E-state index in [1.165, 1.54) is 5.01 Å². The highest BCUT2D eigenvalue weighted by atomic mass is 35.5. The Labute approximate surface area is 124 Å². The number of nitrogens with zero attached hydrogens (tertiary/aromatic N) is 2. The molecule has 0 aliphatic carbocycles. The maximum atomic E-state index is 12.5. The molecule has 1 aromatic heterocycles. The molecule has 0 saturated carbocycles. The van der Waals surface area contributed by atoms with Gasteiger partial charge in [-0.3, -0.25) is 9.80 Å². The molecule has 1 aromatic rings. The molecule has 0 aromatic carbocycles. The standard InChI is InChI=1S/C12H14ClF3N4O/c13-9-6-8(12(14,15)16)7-18-11(9)17-4-2-10(21)20-5-1-3-19-20/h6-7,19H,1-5H2,(H,17,18). The van der Waals surface area contributed by atoms with Crippen LogP contribution in [0.5, 0.6) is 0 Å². The minimum absolute atomic E-state index is 0.0805. The summed E-state index contributed by atoms with van der Waals surface area (Å²) < 4.78 is 37.4. The van der Waals surface area contributed by atoms with Crippen LogP contribution in [0.2, 0.25) is 5.02 Å². The third-order valence-electron chi connectivity index (χ3n) is 2.96. The van der Waals surface area contributed by atoms with Crippen molar-refractivity contribution < 1.29 is 18.0 Å². The van der Waals surface area contributed by atoms with Crippen LogP contribution in [0.3, 0.4) is 0 Å². The van der Waals surface area contributed by atoms with Gasteiger partial charge in [-0.05, 0) is 12.5 Å². The predicted molar refractivity (Wildman–Crippen MR) is 71.7 cm³/mol. The van der Waals surface area contributed by atoms with Crippen LogP contribution < -0.4 is 10.7 Å². The van der Waals surface area contributed by atoms with E-state index < -0.39 is 11.7 Å². The first-order chi connectivity index (χ1) is 9.88. The van der Waals surface area contributed by atoms with Gasteiger partial charge in [-0.2, -0.15) is 13.2 Å². The molecule has 0 radical (unpaired) electrons. The van der Waals surface area contributed by atoms with Crippen molar-refractivity contribution in [1.29, 1.82) is 0 Å². The highest BCUT2D eigenvalue weighted by Gasteiger charge is 2.31. The second-order valence-corrected chi connectivity index (χ2v) is 4.94. The molecule has 21 heavy (non-hydrogen) atoms. The lowest BCUT2D eigenvalue weighted by atomic mass is 10.2. The third-order valence-corrected chi connectivity index (χ3v) is 3.25. The first-order valence-electron chi connectivity index (χ1n) is 6.38. The van der Waals surface area contributed by atoms with Crippen molar-refractivity contribution in [3.63, 3.8) is 0 Å². The highest BCUT2D eigenvalue weighted by molar-refractivity contribution is 6.32. The fourth-order valence-electron chi connectivity index (χ4n) is 1.89. The van der Waals surface area contributed by atoms with Crippen LogP contribution >= 0.6 is 11.6 Å². The van der Waals surface area contributed by atoms with Gasteiger partial charge >= 0.3 is 6.18 Å². The lowest BCUT2D eigenvalue weighted by Gasteiger charge is -2.16. The number of nitrogens with one attached hydrogen (secondary N) is 2. The van der Waals surface area contributed by atoms with Crippen molar-refractivity contribution in [3.8, 4) is 0 Å². The smallest absolute Gasteiger partial charge is 0.368 e. The van der Waals surface area contributed by atoms with E-state index in [4.69, 9.17) is 11.6 Å². The van der Waals surface area contributed by atoms with Crippen LogP contribution in [0.4, 0.5) is 19.0 Å². The van der Waals surface area contributed by atoms with Gasteiger partial charge in [0.05, 0.1) is 10.6 Å². The molecule has 9 heteroatoms. The second-order valence-electron chi connectivity index (χ2n) is 4.54. The second kappa shape index (κ2) is 6.48. The summed E-state index contributed by atoms with van der Waals surface area (Å²) in [4.78, 5) is 15.4. The Morgan fingerprint density at radius 1 is 1.52 bits per heavy atom. The lowest BCUT2D eigenvalue weighted by Crippen LogP contribution is -2.37. The molecule has 0 spiro atoms. The Hall–Kier alpha value is -1.54. The molecule has 2 heterocycles. The van der Waals surface area contributed by atoms with E-state index in [1.807, 2.05) is 0 Å². The van der Waals surface area contributed by atoms with E-state index >= 15 is 0 Å². The molecule has 1 fully saturated rings. The van der Waals surface area contributed by atoms with Gasteiger partial charge in [0.25, 0.3) is 0 Å². The minimum Gasteiger partial charge on any atom is -0.368 e. The zero-order valence-electron chi connectivity index (χ0n) is 11.0. The van der Waals surface area contributed by atoms with Crippen LogP contribution in [-0.2, 0) is 11.0 Å². The van der Waals surface area contributed by atoms with Crippen molar-refractivity contribution in [2.75, 3.05) is 25.0 Å². The molecule has 0 unspecified atom stereocenters. The van der Waals surface area contributed by atoms with Crippen LogP contribution in [0.25, 0.3) is 0 Å². The van der Waals surface area contributed by atoms with E-state index in [0.29, 0.717) is 12.7 Å². The number of amides is 1. The highest BCUT2D eigenvalue weighted by Crippen LogP contribution is 2.32. The number of halogens is 4. The third kappa shape index (κ3) is 4.21. The first kappa shape index (κ1) is 15.8. The quantitative estimate of drug-likeness (QED) is 0.893. The number of hydrogen-bond donors (Lipinski definition) is 2. The van der Waals surface area contributed by atoms with Gasteiger partial charge in [0.1, 0.15) is 5.82 Å². The van der Waals surface area contributed by atoms with E-state index in [1.54, 1.807) is 0 Å². The van der Waals surface area contributed by atoms with Crippen molar-refractivity contribution in [2.24, 2.45) is 0 Å². The summed E-state index contributed by atoms with van der Waals surface area (Å²) >= 11 is 5.75. The number of hydrazine groups is 1. The summed E-state index contributed by atoms with van der Waals surface area (Å²) in [6, 6.07) is 0.806.